The Hall–Kier alpha value is -1.69. The summed E-state index contributed by atoms with van der Waals surface area (Å²) >= 11 is 5.39. The molecular weight excluding hydrogens is 284 g/mol. The molecule has 5 nitrogen and oxygen atoms in total. The van der Waals surface area contributed by atoms with Crippen LogP contribution in [-0.2, 0) is 4.79 Å². The van der Waals surface area contributed by atoms with Gasteiger partial charge in [0.05, 0.1) is 5.52 Å². The number of fused-ring (bicyclic) bond motifs is 1. The van der Waals surface area contributed by atoms with Gasteiger partial charge in [-0.15, -0.1) is 0 Å². The highest BCUT2D eigenvalue weighted by molar-refractivity contribution is 7.71. The van der Waals surface area contributed by atoms with Gasteiger partial charge in [0.1, 0.15) is 6.04 Å². The van der Waals surface area contributed by atoms with Gasteiger partial charge in [-0.3, -0.25) is 9.36 Å². The number of amides is 1. The molecule has 1 unspecified atom stereocenters. The zero-order valence-corrected chi connectivity index (χ0v) is 13.2. The van der Waals surface area contributed by atoms with E-state index in [9.17, 15) is 4.79 Å². The minimum Gasteiger partial charge on any atom is -0.341 e. The van der Waals surface area contributed by atoms with Crippen molar-refractivity contribution < 1.29 is 4.79 Å². The summed E-state index contributed by atoms with van der Waals surface area (Å²) in [6.45, 7) is 5.55. The number of H-pyrrole nitrogens is 1. The third kappa shape index (κ3) is 2.60. The molecule has 3 heterocycles. The number of aryl methyl sites for hydroxylation is 1. The Morgan fingerprint density at radius 2 is 2.05 bits per heavy atom. The normalized spacial score (nSPS) is 17.1. The Labute approximate surface area is 129 Å². The minimum atomic E-state index is -0.321. The number of pyridine rings is 1. The topological polar surface area (TPSA) is 53.9 Å². The number of carbonyl (C=O) groups is 1. The molecule has 0 bridgehead atoms. The lowest BCUT2D eigenvalue weighted by atomic mass is 10.1. The van der Waals surface area contributed by atoms with Gasteiger partial charge < -0.3 is 9.88 Å². The molecule has 0 spiro atoms. The van der Waals surface area contributed by atoms with E-state index in [1.807, 2.05) is 35.4 Å². The molecule has 1 amide bonds. The second kappa shape index (κ2) is 5.60. The first-order valence-corrected chi connectivity index (χ1v) is 7.85. The van der Waals surface area contributed by atoms with Crippen LogP contribution in [0.3, 0.4) is 0 Å². The number of hydrogen-bond donors (Lipinski definition) is 1. The van der Waals surface area contributed by atoms with E-state index in [4.69, 9.17) is 12.2 Å². The molecule has 1 aliphatic rings. The van der Waals surface area contributed by atoms with Crippen LogP contribution >= 0.6 is 12.2 Å². The Kier molecular flexibility index (Phi) is 3.80. The summed E-state index contributed by atoms with van der Waals surface area (Å²) in [4.78, 5) is 22.3. The fourth-order valence-corrected chi connectivity index (χ4v) is 3.30. The monoisotopic (exact) mass is 304 g/mol. The summed E-state index contributed by atoms with van der Waals surface area (Å²) in [5.41, 5.74) is 2.56. The second-order valence-electron chi connectivity index (χ2n) is 5.69. The van der Waals surface area contributed by atoms with Crippen molar-refractivity contribution in [2.45, 2.75) is 39.2 Å². The number of nitrogens with one attached hydrogen (secondary N) is 1. The maximum atomic E-state index is 12.7. The van der Waals surface area contributed by atoms with Crippen molar-refractivity contribution in [1.82, 2.24) is 19.4 Å². The van der Waals surface area contributed by atoms with Crippen molar-refractivity contribution in [3.8, 4) is 0 Å². The van der Waals surface area contributed by atoms with Crippen molar-refractivity contribution in [3.05, 3.63) is 22.6 Å². The van der Waals surface area contributed by atoms with Crippen LogP contribution in [-0.4, -0.2) is 38.4 Å². The molecule has 2 aromatic rings. The fourth-order valence-electron chi connectivity index (χ4n) is 2.94. The summed E-state index contributed by atoms with van der Waals surface area (Å²) in [6, 6.07) is 3.58. The Balaban J connectivity index is 1.98. The van der Waals surface area contributed by atoms with E-state index in [0.717, 1.165) is 42.8 Å². The third-order valence-electron chi connectivity index (χ3n) is 4.12. The number of aromatic amines is 1. The van der Waals surface area contributed by atoms with Crippen molar-refractivity contribution in [2.24, 2.45) is 0 Å². The number of rotatable bonds is 2. The lowest BCUT2D eigenvalue weighted by Gasteiger charge is -2.29. The maximum Gasteiger partial charge on any atom is 0.245 e. The summed E-state index contributed by atoms with van der Waals surface area (Å²) in [5, 5.41) is 0. The molecule has 0 aromatic carbocycles. The zero-order chi connectivity index (χ0) is 15.0. The van der Waals surface area contributed by atoms with Crippen LogP contribution in [0.5, 0.6) is 0 Å². The maximum absolute atomic E-state index is 12.7. The highest BCUT2D eigenvalue weighted by atomic mass is 32.1. The second-order valence-corrected chi connectivity index (χ2v) is 6.07. The Morgan fingerprint density at radius 3 is 2.76 bits per heavy atom. The first-order chi connectivity index (χ1) is 10.1. The molecule has 112 valence electrons. The van der Waals surface area contributed by atoms with Gasteiger partial charge in [0.25, 0.3) is 0 Å². The highest BCUT2D eigenvalue weighted by Gasteiger charge is 2.25. The lowest BCUT2D eigenvalue weighted by Crippen LogP contribution is -2.39. The highest BCUT2D eigenvalue weighted by Crippen LogP contribution is 2.21. The first kappa shape index (κ1) is 14.3. The molecule has 1 saturated heterocycles. The number of hydrogen-bond acceptors (Lipinski definition) is 3. The van der Waals surface area contributed by atoms with E-state index in [1.54, 1.807) is 0 Å². The van der Waals surface area contributed by atoms with Gasteiger partial charge >= 0.3 is 0 Å². The number of piperidine rings is 1. The largest absolute Gasteiger partial charge is 0.341 e. The number of likely N-dealkylation sites (tertiary alicyclic amines) is 1. The predicted octanol–water partition coefficient (Wildman–Crippen LogP) is 2.98. The number of imidazole rings is 1. The van der Waals surface area contributed by atoms with E-state index < -0.39 is 0 Å². The summed E-state index contributed by atoms with van der Waals surface area (Å²) in [6.07, 6.45) is 3.40. The van der Waals surface area contributed by atoms with Crippen LogP contribution in [0.4, 0.5) is 0 Å². The molecule has 2 aromatic heterocycles. The van der Waals surface area contributed by atoms with E-state index in [2.05, 4.69) is 9.97 Å². The van der Waals surface area contributed by atoms with Gasteiger partial charge in [0.15, 0.2) is 10.4 Å². The molecule has 0 radical (unpaired) electrons. The Morgan fingerprint density at radius 1 is 1.33 bits per heavy atom. The average molecular weight is 304 g/mol. The molecule has 3 rings (SSSR count). The minimum absolute atomic E-state index is 0.134. The molecule has 1 aliphatic heterocycles. The molecular formula is C15H20N4OS. The molecule has 21 heavy (non-hydrogen) atoms. The van der Waals surface area contributed by atoms with E-state index in [0.29, 0.717) is 4.77 Å². The molecule has 6 heteroatoms. The number of nitrogens with zero attached hydrogens (tertiary/aromatic N) is 3. The molecule has 0 aliphatic carbocycles. The van der Waals surface area contributed by atoms with Crippen LogP contribution in [0.15, 0.2) is 12.1 Å². The van der Waals surface area contributed by atoms with Crippen molar-refractivity contribution in [1.29, 1.82) is 0 Å². The van der Waals surface area contributed by atoms with Crippen LogP contribution in [0.1, 0.15) is 37.9 Å². The van der Waals surface area contributed by atoms with Gasteiger partial charge in [-0.25, -0.2) is 4.98 Å². The first-order valence-electron chi connectivity index (χ1n) is 7.44. The molecule has 0 saturated carbocycles. The van der Waals surface area contributed by atoms with Crippen LogP contribution in [0.2, 0.25) is 0 Å². The molecule has 1 N–H and O–H groups in total. The van der Waals surface area contributed by atoms with Crippen LogP contribution in [0, 0.1) is 11.7 Å². The number of carbonyl (C=O) groups excluding carboxylic acids is 1. The summed E-state index contributed by atoms with van der Waals surface area (Å²) in [7, 11) is 0. The van der Waals surface area contributed by atoms with Gasteiger partial charge in [-0.1, -0.05) is 0 Å². The van der Waals surface area contributed by atoms with Crippen LogP contribution < -0.4 is 0 Å². The van der Waals surface area contributed by atoms with Gasteiger partial charge in [-0.05, 0) is 57.5 Å². The standard InChI is InChI=1S/C15H20N4OS/c1-10-6-7-12-13(16-10)19(15(21)17-12)11(2)14(20)18-8-4-3-5-9-18/h6-7,11H,3-5,8-9H2,1-2H3,(H,17,21). The van der Waals surface area contributed by atoms with Gasteiger partial charge in [-0.2, -0.15) is 0 Å². The summed E-state index contributed by atoms with van der Waals surface area (Å²) in [5.74, 6) is 0.134. The van der Waals surface area contributed by atoms with Gasteiger partial charge in [0.2, 0.25) is 5.91 Å². The van der Waals surface area contributed by atoms with E-state index >= 15 is 0 Å². The molecule has 1 atom stereocenters. The number of aromatic nitrogens is 3. The third-order valence-corrected chi connectivity index (χ3v) is 4.41. The van der Waals surface area contributed by atoms with Gasteiger partial charge in [0, 0.05) is 18.8 Å². The fraction of sp³-hybridized carbons (Fsp3) is 0.533. The quantitative estimate of drug-likeness (QED) is 0.868. The lowest BCUT2D eigenvalue weighted by molar-refractivity contribution is -0.135. The van der Waals surface area contributed by atoms with E-state index in [-0.39, 0.29) is 11.9 Å². The smallest absolute Gasteiger partial charge is 0.245 e. The SMILES string of the molecule is Cc1ccc2[nH]c(=S)n(C(C)C(=O)N3CCCCC3)c2n1. The summed E-state index contributed by atoms with van der Waals surface area (Å²) < 4.78 is 2.40. The van der Waals surface area contributed by atoms with E-state index in [1.165, 1.54) is 6.42 Å². The Bertz CT molecular complexity index is 727. The predicted molar refractivity (Wildman–Crippen MR) is 84.8 cm³/mol. The average Bonchev–Trinajstić information content (AvgIpc) is 2.82. The van der Waals surface area contributed by atoms with Crippen molar-refractivity contribution >= 4 is 29.3 Å². The van der Waals surface area contributed by atoms with Crippen LogP contribution in [0.25, 0.3) is 11.2 Å². The zero-order valence-electron chi connectivity index (χ0n) is 12.4. The molecule has 1 fully saturated rings. The van der Waals surface area contributed by atoms with Crippen molar-refractivity contribution in [2.75, 3.05) is 13.1 Å². The van der Waals surface area contributed by atoms with Crippen molar-refractivity contribution in [3.63, 3.8) is 0 Å².